The number of nitrogens with zero attached hydrogens (tertiary/aromatic N) is 2. The van der Waals surface area contributed by atoms with Crippen molar-refractivity contribution >= 4 is 34.5 Å². The largest absolute Gasteiger partial charge is 0.451 e. The van der Waals surface area contributed by atoms with Crippen LogP contribution >= 0.6 is 11.8 Å². The molecule has 0 fully saturated rings. The van der Waals surface area contributed by atoms with Gasteiger partial charge in [-0.15, -0.1) is 0 Å². The van der Waals surface area contributed by atoms with Gasteiger partial charge < -0.3 is 9.73 Å². The summed E-state index contributed by atoms with van der Waals surface area (Å²) in [5.74, 6) is 1.73. The number of fused-ring (bicyclic) bond motifs is 2. The van der Waals surface area contributed by atoms with E-state index < -0.39 is 0 Å². The number of nitrogens with one attached hydrogen (secondary N) is 1. The van der Waals surface area contributed by atoms with Crippen LogP contribution in [-0.2, 0) is 25.6 Å². The van der Waals surface area contributed by atoms with Crippen LogP contribution in [0.4, 0.5) is 5.82 Å². The third kappa shape index (κ3) is 2.41. The molecule has 4 rings (SSSR count). The molecule has 0 atom stereocenters. The lowest BCUT2D eigenvalue weighted by Gasteiger charge is -2.07. The number of para-hydroxylation sites is 1. The number of hydrogen-bond acceptors (Lipinski definition) is 4. The molecule has 1 aliphatic rings. The van der Waals surface area contributed by atoms with Gasteiger partial charge in [0, 0.05) is 29.3 Å². The highest BCUT2D eigenvalue weighted by molar-refractivity contribution is 7.97. The van der Waals surface area contributed by atoms with Crippen molar-refractivity contribution in [3.63, 3.8) is 0 Å². The lowest BCUT2D eigenvalue weighted by molar-refractivity contribution is 0.0996. The lowest BCUT2D eigenvalue weighted by Crippen LogP contribution is -2.16. The van der Waals surface area contributed by atoms with Gasteiger partial charge >= 0.3 is 0 Å². The van der Waals surface area contributed by atoms with E-state index in [0.29, 0.717) is 5.76 Å². The van der Waals surface area contributed by atoms with E-state index in [1.54, 1.807) is 16.4 Å². The summed E-state index contributed by atoms with van der Waals surface area (Å²) >= 11 is 1.68. The minimum Gasteiger partial charge on any atom is -0.451 e. The van der Waals surface area contributed by atoms with Gasteiger partial charge in [-0.05, 0) is 31.6 Å². The Labute approximate surface area is 144 Å². The second-order valence-corrected chi connectivity index (χ2v) is 6.91. The van der Waals surface area contributed by atoms with Crippen LogP contribution in [0.1, 0.15) is 33.8 Å². The van der Waals surface area contributed by atoms with Gasteiger partial charge in [0.25, 0.3) is 5.91 Å². The summed E-state index contributed by atoms with van der Waals surface area (Å²) in [5, 5.41) is 8.54. The monoisotopic (exact) mass is 341 g/mol. The van der Waals surface area contributed by atoms with Gasteiger partial charge in [-0.2, -0.15) is 16.9 Å². The maximum absolute atomic E-state index is 12.9. The molecule has 5 nitrogen and oxygen atoms in total. The Hall–Kier alpha value is -2.21. The highest BCUT2D eigenvalue weighted by Crippen LogP contribution is 2.31. The summed E-state index contributed by atoms with van der Waals surface area (Å²) in [7, 11) is 1.87. The Kier molecular flexibility index (Phi) is 3.84. The van der Waals surface area contributed by atoms with Crippen molar-refractivity contribution < 1.29 is 9.21 Å². The average Bonchev–Trinajstić information content (AvgIpc) is 3.24. The highest BCUT2D eigenvalue weighted by Gasteiger charge is 2.25. The Balaban J connectivity index is 1.72. The van der Waals surface area contributed by atoms with Crippen molar-refractivity contribution in [2.24, 2.45) is 7.05 Å². The number of hydrogen-bond donors (Lipinski definition) is 1. The summed E-state index contributed by atoms with van der Waals surface area (Å²) < 4.78 is 7.63. The van der Waals surface area contributed by atoms with Crippen LogP contribution in [0, 0.1) is 0 Å². The number of anilines is 1. The first kappa shape index (κ1) is 15.3. The fraction of sp³-hybridized carbons (Fsp3) is 0.333. The van der Waals surface area contributed by atoms with Crippen LogP contribution in [0.5, 0.6) is 0 Å². The number of aromatic nitrogens is 2. The highest BCUT2D eigenvalue weighted by atomic mass is 32.2. The van der Waals surface area contributed by atoms with Gasteiger partial charge in [0.15, 0.2) is 5.76 Å². The number of furan rings is 1. The van der Waals surface area contributed by atoms with Gasteiger partial charge in [0.1, 0.15) is 11.4 Å². The average molecular weight is 341 g/mol. The molecule has 0 radical (unpaired) electrons. The van der Waals surface area contributed by atoms with E-state index in [0.717, 1.165) is 58.6 Å². The molecule has 0 bridgehead atoms. The first-order valence-corrected chi connectivity index (χ1v) is 9.44. The zero-order chi connectivity index (χ0) is 16.7. The Morgan fingerprint density at radius 2 is 2.21 bits per heavy atom. The number of rotatable bonds is 4. The van der Waals surface area contributed by atoms with Crippen LogP contribution in [-0.4, -0.2) is 21.9 Å². The van der Waals surface area contributed by atoms with Gasteiger partial charge in [-0.25, -0.2) is 0 Å². The maximum atomic E-state index is 12.9. The van der Waals surface area contributed by atoms with Crippen molar-refractivity contribution in [3.8, 4) is 0 Å². The molecular formula is C18H19N3O2S. The standard InChI is InChI=1S/C18H19N3O2S/c1-21-17(12-7-5-8-14(12)20-21)19-18(22)16-13(10-24-2)11-6-3-4-9-15(11)23-16/h3-4,6,9H,5,7-8,10H2,1-2H3,(H,19,22). The molecule has 0 spiro atoms. The SMILES string of the molecule is CSCc1c(C(=O)Nc2c3c(nn2C)CCC3)oc2ccccc12. The summed E-state index contributed by atoms with van der Waals surface area (Å²) in [6, 6.07) is 7.79. The number of thioether (sulfide) groups is 1. The molecule has 6 heteroatoms. The summed E-state index contributed by atoms with van der Waals surface area (Å²) in [5.41, 5.74) is 3.96. The lowest BCUT2D eigenvalue weighted by atomic mass is 10.1. The molecule has 1 amide bonds. The van der Waals surface area contributed by atoms with Crippen molar-refractivity contribution in [3.05, 3.63) is 46.8 Å². The first-order chi connectivity index (χ1) is 11.7. The van der Waals surface area contributed by atoms with Crippen LogP contribution < -0.4 is 5.32 Å². The fourth-order valence-corrected chi connectivity index (χ4v) is 3.99. The van der Waals surface area contributed by atoms with E-state index >= 15 is 0 Å². The first-order valence-electron chi connectivity index (χ1n) is 8.04. The second-order valence-electron chi connectivity index (χ2n) is 6.04. The van der Waals surface area contributed by atoms with Crippen LogP contribution in [0.3, 0.4) is 0 Å². The minimum atomic E-state index is -0.201. The Morgan fingerprint density at radius 1 is 1.38 bits per heavy atom. The van der Waals surface area contributed by atoms with Crippen LogP contribution in [0.25, 0.3) is 11.0 Å². The normalized spacial score (nSPS) is 13.4. The third-order valence-electron chi connectivity index (χ3n) is 4.49. The van der Waals surface area contributed by atoms with E-state index in [1.807, 2.05) is 37.6 Å². The number of benzene rings is 1. The molecule has 24 heavy (non-hydrogen) atoms. The zero-order valence-corrected chi connectivity index (χ0v) is 14.6. The maximum Gasteiger partial charge on any atom is 0.292 e. The summed E-state index contributed by atoms with van der Waals surface area (Å²) in [6.45, 7) is 0. The van der Waals surface area contributed by atoms with Gasteiger partial charge in [-0.3, -0.25) is 9.48 Å². The van der Waals surface area contributed by atoms with Crippen molar-refractivity contribution in [1.82, 2.24) is 9.78 Å². The molecule has 2 aromatic heterocycles. The van der Waals surface area contributed by atoms with Crippen LogP contribution in [0.2, 0.25) is 0 Å². The molecule has 124 valence electrons. The molecule has 0 saturated heterocycles. The van der Waals surface area contributed by atoms with Crippen molar-refractivity contribution in [1.29, 1.82) is 0 Å². The minimum absolute atomic E-state index is 0.201. The molecule has 2 heterocycles. The van der Waals surface area contributed by atoms with E-state index in [1.165, 1.54) is 0 Å². The smallest absolute Gasteiger partial charge is 0.292 e. The predicted molar refractivity (Wildman–Crippen MR) is 96.6 cm³/mol. The number of carbonyl (C=O) groups excluding carboxylic acids is 1. The summed E-state index contributed by atoms with van der Waals surface area (Å²) in [4.78, 5) is 12.9. The van der Waals surface area contributed by atoms with E-state index in [-0.39, 0.29) is 5.91 Å². The van der Waals surface area contributed by atoms with Gasteiger partial charge in [0.05, 0.1) is 5.69 Å². The molecule has 1 aromatic carbocycles. The molecule has 3 aromatic rings. The fourth-order valence-electron chi connectivity index (χ4n) is 3.41. The second kappa shape index (κ2) is 6.02. The molecular weight excluding hydrogens is 322 g/mol. The Morgan fingerprint density at radius 3 is 3.04 bits per heavy atom. The van der Waals surface area contributed by atoms with E-state index in [4.69, 9.17) is 4.42 Å². The zero-order valence-electron chi connectivity index (χ0n) is 13.8. The summed E-state index contributed by atoms with van der Waals surface area (Å²) in [6.07, 6.45) is 5.08. The Bertz CT molecular complexity index is 926. The number of aryl methyl sites for hydroxylation is 2. The molecule has 0 aliphatic heterocycles. The van der Waals surface area contributed by atoms with E-state index in [9.17, 15) is 4.79 Å². The van der Waals surface area contributed by atoms with Crippen molar-refractivity contribution in [2.45, 2.75) is 25.0 Å². The van der Waals surface area contributed by atoms with E-state index in [2.05, 4.69) is 10.4 Å². The predicted octanol–water partition coefficient (Wildman–Crippen LogP) is 3.77. The van der Waals surface area contributed by atoms with Gasteiger partial charge in [-0.1, -0.05) is 18.2 Å². The van der Waals surface area contributed by atoms with Crippen LogP contribution in [0.15, 0.2) is 28.7 Å². The number of carbonyl (C=O) groups is 1. The quantitative estimate of drug-likeness (QED) is 0.785. The molecule has 0 saturated carbocycles. The molecule has 0 unspecified atom stereocenters. The molecule has 1 aliphatic carbocycles. The van der Waals surface area contributed by atoms with Gasteiger partial charge in [0.2, 0.25) is 0 Å². The third-order valence-corrected chi connectivity index (χ3v) is 5.07. The van der Waals surface area contributed by atoms with Crippen molar-refractivity contribution in [2.75, 3.05) is 11.6 Å². The topological polar surface area (TPSA) is 60.1 Å². The molecule has 1 N–H and O–H groups in total. The number of amides is 1.